The minimum absolute atomic E-state index is 0.00593. The number of benzene rings is 2. The van der Waals surface area contributed by atoms with Crippen molar-refractivity contribution in [1.82, 2.24) is 14.5 Å². The summed E-state index contributed by atoms with van der Waals surface area (Å²) in [6.45, 7) is 3.70. The number of aromatic nitrogens is 2. The Labute approximate surface area is 246 Å². The third-order valence-electron chi connectivity index (χ3n) is 7.04. The van der Waals surface area contributed by atoms with Crippen LogP contribution >= 0.6 is 11.6 Å². The summed E-state index contributed by atoms with van der Waals surface area (Å²) in [7, 11) is 2.01. The van der Waals surface area contributed by atoms with Gasteiger partial charge < -0.3 is 34.5 Å². The number of aryl methyl sites for hydroxylation is 1. The van der Waals surface area contributed by atoms with Crippen LogP contribution < -0.4 is 14.4 Å². The average Bonchev–Trinajstić information content (AvgIpc) is 3.32. The molecule has 1 aliphatic heterocycles. The predicted octanol–water partition coefficient (Wildman–Crippen LogP) is 5.52. The molecule has 2 aromatic carbocycles. The summed E-state index contributed by atoms with van der Waals surface area (Å²) in [4.78, 5) is 18.3. The zero-order valence-electron chi connectivity index (χ0n) is 23.0. The van der Waals surface area contributed by atoms with Crippen molar-refractivity contribution in [2.24, 2.45) is 5.92 Å². The third kappa shape index (κ3) is 9.50. The van der Waals surface area contributed by atoms with Gasteiger partial charge in [-0.1, -0.05) is 12.1 Å². The first-order valence-electron chi connectivity index (χ1n) is 13.5. The molecule has 0 amide bonds. The number of ether oxygens (including phenoxy) is 2. The topological polar surface area (TPSA) is 106 Å². The molecule has 1 N–H and O–H groups in total. The van der Waals surface area contributed by atoms with E-state index in [0.717, 1.165) is 43.7 Å². The molecule has 1 aromatic heterocycles. The molecule has 1 fully saturated rings. The zero-order valence-corrected chi connectivity index (χ0v) is 23.8. The summed E-state index contributed by atoms with van der Waals surface area (Å²) in [6.07, 6.45) is -1.91. The Bertz CT molecular complexity index is 1300. The first-order valence-corrected chi connectivity index (χ1v) is 13.9. The fourth-order valence-corrected chi connectivity index (χ4v) is 5.15. The predicted molar refractivity (Wildman–Crippen MR) is 151 cm³/mol. The summed E-state index contributed by atoms with van der Waals surface area (Å²) in [5, 5.41) is 21.1. The Kier molecular flexibility index (Phi) is 10.5. The number of hydrogen-bond donors (Lipinski definition) is 1. The second-order valence-electron chi connectivity index (χ2n) is 10.4. The van der Waals surface area contributed by atoms with Gasteiger partial charge in [-0.2, -0.15) is 0 Å². The van der Waals surface area contributed by atoms with Gasteiger partial charge in [-0.25, -0.2) is 0 Å². The molecule has 0 saturated carbocycles. The molecule has 3 aromatic rings. The first kappa shape index (κ1) is 31.4. The number of aliphatic hydroxyl groups is 1. The molecule has 0 radical (unpaired) electrons. The molecule has 228 valence electrons. The maximum Gasteiger partial charge on any atom is 0.573 e. The third-order valence-corrected chi connectivity index (χ3v) is 7.35. The molecule has 42 heavy (non-hydrogen) atoms. The zero-order chi connectivity index (χ0) is 30.3. The molecular weight excluding hydrogens is 579 g/mol. The number of nitro groups is 1. The smallest absolute Gasteiger partial charge is 0.491 e. The Hall–Kier alpha value is -3.55. The lowest BCUT2D eigenvalue weighted by Gasteiger charge is -2.35. The molecule has 0 bridgehead atoms. The van der Waals surface area contributed by atoms with Crippen molar-refractivity contribution in [3.05, 3.63) is 75.7 Å². The molecule has 1 atom stereocenters. The number of piperidine rings is 1. The van der Waals surface area contributed by atoms with Crippen LogP contribution in [0.5, 0.6) is 11.5 Å². The van der Waals surface area contributed by atoms with Crippen LogP contribution in [-0.4, -0.2) is 70.2 Å². The van der Waals surface area contributed by atoms with Crippen molar-refractivity contribution in [3.63, 3.8) is 0 Å². The number of hydrogen-bond acceptors (Lipinski definition) is 8. The van der Waals surface area contributed by atoms with Crippen molar-refractivity contribution in [2.45, 2.75) is 44.8 Å². The number of aliphatic hydroxyl groups excluding tert-OH is 1. The first-order chi connectivity index (χ1) is 19.9. The van der Waals surface area contributed by atoms with Crippen LogP contribution in [-0.2, 0) is 13.1 Å². The normalized spacial score (nSPS) is 15.2. The summed E-state index contributed by atoms with van der Waals surface area (Å²) in [5.41, 5.74) is 2.01. The highest BCUT2D eigenvalue weighted by Crippen LogP contribution is 2.27. The highest BCUT2D eigenvalue weighted by molar-refractivity contribution is 6.28. The van der Waals surface area contributed by atoms with E-state index in [4.69, 9.17) is 16.3 Å². The summed E-state index contributed by atoms with van der Waals surface area (Å²) < 4.78 is 48.1. The number of anilines is 1. The molecule has 14 heteroatoms. The van der Waals surface area contributed by atoms with E-state index in [9.17, 15) is 28.4 Å². The molecule has 1 saturated heterocycles. The monoisotopic (exact) mass is 611 g/mol. The Balaban J connectivity index is 1.15. The lowest BCUT2D eigenvalue weighted by Crippen LogP contribution is -2.37. The van der Waals surface area contributed by atoms with Gasteiger partial charge in [0.05, 0.1) is 6.10 Å². The van der Waals surface area contributed by atoms with E-state index in [0.29, 0.717) is 24.6 Å². The Morgan fingerprint density at radius 2 is 1.79 bits per heavy atom. The van der Waals surface area contributed by atoms with Crippen molar-refractivity contribution in [2.75, 3.05) is 38.2 Å². The van der Waals surface area contributed by atoms with E-state index >= 15 is 0 Å². The van der Waals surface area contributed by atoms with Crippen LogP contribution in [0.3, 0.4) is 0 Å². The van der Waals surface area contributed by atoms with Gasteiger partial charge in [-0.3, -0.25) is 4.57 Å². The number of rotatable bonds is 13. The van der Waals surface area contributed by atoms with Gasteiger partial charge in [-0.05, 0) is 95.7 Å². The van der Waals surface area contributed by atoms with Crippen LogP contribution in [0, 0.1) is 16.0 Å². The minimum Gasteiger partial charge on any atom is -0.491 e. The lowest BCUT2D eigenvalue weighted by atomic mass is 9.95. The van der Waals surface area contributed by atoms with E-state index in [2.05, 4.69) is 19.5 Å². The van der Waals surface area contributed by atoms with Crippen LogP contribution in [0.4, 0.5) is 24.7 Å². The molecular formula is C28H33ClF3N5O5. The SMILES string of the molecule is CN(Cc1ccc(OC(F)(F)F)cc1)CC1CCN(c2ccc(OCC(O)CCn3cc([N+](=O)[O-])nc3Cl)cc2)CC1. The van der Waals surface area contributed by atoms with Crippen molar-refractivity contribution in [3.8, 4) is 11.5 Å². The number of halogens is 4. The summed E-state index contributed by atoms with van der Waals surface area (Å²) >= 11 is 5.90. The second kappa shape index (κ2) is 14.1. The molecule has 2 heterocycles. The van der Waals surface area contributed by atoms with E-state index in [1.165, 1.54) is 22.9 Å². The average molecular weight is 612 g/mol. The van der Waals surface area contributed by atoms with Crippen molar-refractivity contribution >= 4 is 23.1 Å². The van der Waals surface area contributed by atoms with E-state index in [-0.39, 0.29) is 30.0 Å². The maximum atomic E-state index is 12.4. The van der Waals surface area contributed by atoms with Crippen LogP contribution in [0.1, 0.15) is 24.8 Å². The van der Waals surface area contributed by atoms with Gasteiger partial charge in [-0.15, -0.1) is 13.2 Å². The highest BCUT2D eigenvalue weighted by Gasteiger charge is 2.31. The molecule has 1 aliphatic rings. The quantitative estimate of drug-likeness (QED) is 0.199. The fraction of sp³-hybridized carbons (Fsp3) is 0.464. The molecule has 4 rings (SSSR count). The number of imidazole rings is 1. The van der Waals surface area contributed by atoms with Gasteiger partial charge >= 0.3 is 17.5 Å². The number of nitrogens with zero attached hydrogens (tertiary/aromatic N) is 5. The molecule has 0 spiro atoms. The van der Waals surface area contributed by atoms with Crippen molar-refractivity contribution < 1.29 is 32.7 Å². The lowest BCUT2D eigenvalue weighted by molar-refractivity contribution is -0.389. The minimum atomic E-state index is -4.69. The van der Waals surface area contributed by atoms with Gasteiger partial charge in [0.15, 0.2) is 0 Å². The maximum absolute atomic E-state index is 12.4. The van der Waals surface area contributed by atoms with E-state index in [1.807, 2.05) is 31.3 Å². The van der Waals surface area contributed by atoms with Crippen molar-refractivity contribution in [1.29, 1.82) is 0 Å². The van der Waals surface area contributed by atoms with Gasteiger partial charge in [0.2, 0.25) is 0 Å². The van der Waals surface area contributed by atoms with Gasteiger partial charge in [0.1, 0.15) is 24.3 Å². The van der Waals surface area contributed by atoms with E-state index < -0.39 is 17.4 Å². The standard InChI is InChI=1S/C28H33ClF3N5O5/c1-34(16-20-2-6-25(7-3-20)42-28(30,31)32)17-21-10-13-35(14-11-21)22-4-8-24(9-5-22)41-19-23(38)12-15-36-18-26(37(39)40)33-27(36)29/h2-9,18,21,23,38H,10-17,19H2,1H3. The number of alkyl halides is 3. The van der Waals surface area contributed by atoms with E-state index in [1.54, 1.807) is 12.1 Å². The Morgan fingerprint density at radius 1 is 1.14 bits per heavy atom. The van der Waals surface area contributed by atoms with Gasteiger partial charge in [0.25, 0.3) is 0 Å². The van der Waals surface area contributed by atoms with Crippen LogP contribution in [0.25, 0.3) is 0 Å². The molecule has 1 unspecified atom stereocenters. The molecule has 10 nitrogen and oxygen atoms in total. The molecule has 0 aliphatic carbocycles. The van der Waals surface area contributed by atoms with Gasteiger partial charge in [0, 0.05) is 38.4 Å². The summed E-state index contributed by atoms with van der Waals surface area (Å²) in [6, 6.07) is 13.7. The van der Waals surface area contributed by atoms with Crippen LogP contribution in [0.2, 0.25) is 5.28 Å². The second-order valence-corrected chi connectivity index (χ2v) is 10.7. The fourth-order valence-electron chi connectivity index (χ4n) is 4.93. The van der Waals surface area contributed by atoms with Crippen LogP contribution in [0.15, 0.2) is 54.7 Å². The largest absolute Gasteiger partial charge is 0.573 e. The Morgan fingerprint density at radius 3 is 2.38 bits per heavy atom. The highest BCUT2D eigenvalue weighted by atomic mass is 35.5. The summed E-state index contributed by atoms with van der Waals surface area (Å²) in [5.74, 6) is 0.589.